The van der Waals surface area contributed by atoms with Gasteiger partial charge in [0.25, 0.3) is 5.91 Å². The molecule has 198 valence electrons. The van der Waals surface area contributed by atoms with Crippen molar-refractivity contribution in [2.45, 2.75) is 37.7 Å². The summed E-state index contributed by atoms with van der Waals surface area (Å²) < 4.78 is 37.5. The molecule has 0 radical (unpaired) electrons. The molecule has 2 amide bonds. The number of nitrogens with one attached hydrogen (secondary N) is 2. The molecule has 1 fully saturated rings. The number of benzene rings is 2. The Balaban J connectivity index is 1.55. The molecule has 0 spiro atoms. The molecule has 3 rings (SSSR count). The van der Waals surface area contributed by atoms with Crippen molar-refractivity contribution in [3.63, 3.8) is 0 Å². The highest BCUT2D eigenvalue weighted by Gasteiger charge is 2.35. The summed E-state index contributed by atoms with van der Waals surface area (Å²) in [7, 11) is -2.81. The van der Waals surface area contributed by atoms with E-state index in [4.69, 9.17) is 4.74 Å². The molecule has 12 heteroatoms. The van der Waals surface area contributed by atoms with Crippen LogP contribution in [-0.2, 0) is 33.9 Å². The average molecular weight is 532 g/mol. The van der Waals surface area contributed by atoms with Gasteiger partial charge in [-0.05, 0) is 56.2 Å². The molecule has 0 unspecified atom stereocenters. The number of hydrogen-bond acceptors (Lipinski definition) is 8. The van der Waals surface area contributed by atoms with Gasteiger partial charge in [0.1, 0.15) is 0 Å². The summed E-state index contributed by atoms with van der Waals surface area (Å²) in [6.45, 7) is 2.94. The first-order chi connectivity index (χ1) is 17.5. The molecule has 0 bridgehead atoms. The minimum atomic E-state index is -3.98. The highest BCUT2D eigenvalue weighted by Crippen LogP contribution is 2.27. The normalized spacial score (nSPS) is 15.3. The molecule has 1 aliphatic heterocycles. The maximum Gasteiger partial charge on any atom is 0.339 e. The number of hydrogen-bond donors (Lipinski definition) is 2. The van der Waals surface area contributed by atoms with Crippen LogP contribution in [0.1, 0.15) is 37.0 Å². The lowest BCUT2D eigenvalue weighted by molar-refractivity contribution is -0.158. The van der Waals surface area contributed by atoms with Gasteiger partial charge in [-0.1, -0.05) is 12.1 Å². The summed E-state index contributed by atoms with van der Waals surface area (Å²) in [5.74, 6) is -2.66. The first-order valence-corrected chi connectivity index (χ1v) is 13.0. The van der Waals surface area contributed by atoms with E-state index in [0.29, 0.717) is 11.4 Å². The number of ether oxygens (including phenoxy) is 2. The van der Waals surface area contributed by atoms with E-state index >= 15 is 0 Å². The van der Waals surface area contributed by atoms with Gasteiger partial charge in [0.05, 0.1) is 23.5 Å². The molecule has 2 aromatic rings. The van der Waals surface area contributed by atoms with Crippen molar-refractivity contribution in [3.8, 4) is 0 Å². The maximum absolute atomic E-state index is 13.1. The van der Waals surface area contributed by atoms with Crippen molar-refractivity contribution in [1.82, 2.24) is 4.31 Å². The Hall–Kier alpha value is -3.77. The van der Waals surface area contributed by atoms with E-state index in [9.17, 15) is 27.6 Å². The number of esters is 2. The van der Waals surface area contributed by atoms with Gasteiger partial charge < -0.3 is 20.1 Å². The van der Waals surface area contributed by atoms with Crippen molar-refractivity contribution in [2.75, 3.05) is 30.8 Å². The molecule has 11 nitrogen and oxygen atoms in total. The second kappa shape index (κ2) is 12.0. The van der Waals surface area contributed by atoms with Crippen molar-refractivity contribution >= 4 is 45.2 Å². The van der Waals surface area contributed by atoms with Crippen LogP contribution in [0.15, 0.2) is 53.4 Å². The Labute approximate surface area is 215 Å². The molecule has 0 saturated carbocycles. The zero-order valence-electron chi connectivity index (χ0n) is 20.7. The molecule has 0 aliphatic carbocycles. The Kier molecular flexibility index (Phi) is 9.00. The Morgan fingerprint density at radius 1 is 0.946 bits per heavy atom. The van der Waals surface area contributed by atoms with E-state index in [1.165, 1.54) is 43.5 Å². The van der Waals surface area contributed by atoms with E-state index < -0.39 is 39.9 Å². The van der Waals surface area contributed by atoms with E-state index in [1.54, 1.807) is 30.3 Å². The fourth-order valence-corrected chi connectivity index (χ4v) is 5.50. The van der Waals surface area contributed by atoms with Crippen LogP contribution in [0.2, 0.25) is 0 Å². The van der Waals surface area contributed by atoms with Gasteiger partial charge >= 0.3 is 11.9 Å². The van der Waals surface area contributed by atoms with Gasteiger partial charge in [-0.25, -0.2) is 13.2 Å². The summed E-state index contributed by atoms with van der Waals surface area (Å²) in [5.41, 5.74) is 0.982. The van der Waals surface area contributed by atoms with Crippen LogP contribution in [-0.4, -0.2) is 62.8 Å². The molecule has 1 aliphatic rings. The summed E-state index contributed by atoms with van der Waals surface area (Å²) in [6, 6.07) is 12.2. The standard InChI is InChI=1S/C25H29N3O8S/c1-16(23(30)27-20-10-8-19(9-11-20)26-17(2)29)36-24(31)18-12-14-28(15-13-18)37(33,34)22-7-5-4-6-21(22)25(32)35-3/h4-11,16,18H,12-15H2,1-3H3,(H,26,29)(H,27,30)/t16-/m1/s1. The Morgan fingerprint density at radius 3 is 2.08 bits per heavy atom. The minimum Gasteiger partial charge on any atom is -0.465 e. The van der Waals surface area contributed by atoms with E-state index in [1.807, 2.05) is 0 Å². The quantitative estimate of drug-likeness (QED) is 0.494. The van der Waals surface area contributed by atoms with Gasteiger partial charge in [-0.15, -0.1) is 0 Å². The van der Waals surface area contributed by atoms with E-state index in [2.05, 4.69) is 15.4 Å². The monoisotopic (exact) mass is 531 g/mol. The molecule has 1 heterocycles. The predicted octanol–water partition coefficient (Wildman–Crippen LogP) is 2.40. The number of nitrogens with zero attached hydrogens (tertiary/aromatic N) is 1. The van der Waals surface area contributed by atoms with E-state index in [0.717, 1.165) is 0 Å². The number of sulfonamides is 1. The average Bonchev–Trinajstić information content (AvgIpc) is 2.89. The van der Waals surface area contributed by atoms with Crippen molar-refractivity contribution in [3.05, 3.63) is 54.1 Å². The lowest BCUT2D eigenvalue weighted by Crippen LogP contribution is -2.42. The fourth-order valence-electron chi connectivity index (χ4n) is 3.85. The van der Waals surface area contributed by atoms with Gasteiger partial charge in [0.15, 0.2) is 6.10 Å². The van der Waals surface area contributed by atoms with Crippen LogP contribution in [0.3, 0.4) is 0 Å². The van der Waals surface area contributed by atoms with Crippen molar-refractivity contribution in [2.24, 2.45) is 5.92 Å². The molecule has 2 aromatic carbocycles. The third-order valence-corrected chi connectivity index (χ3v) is 7.79. The molecule has 2 N–H and O–H groups in total. The number of rotatable bonds is 8. The summed E-state index contributed by atoms with van der Waals surface area (Å²) in [6.07, 6.45) is -0.661. The zero-order chi connectivity index (χ0) is 27.2. The number of amides is 2. The predicted molar refractivity (Wildman–Crippen MR) is 134 cm³/mol. The van der Waals surface area contributed by atoms with Gasteiger partial charge in [0, 0.05) is 31.4 Å². The van der Waals surface area contributed by atoms with Crippen LogP contribution in [0, 0.1) is 5.92 Å². The number of piperidine rings is 1. The largest absolute Gasteiger partial charge is 0.465 e. The highest BCUT2D eigenvalue weighted by atomic mass is 32.2. The first kappa shape index (κ1) is 27.8. The highest BCUT2D eigenvalue weighted by molar-refractivity contribution is 7.89. The van der Waals surface area contributed by atoms with Crippen LogP contribution in [0.5, 0.6) is 0 Å². The molecule has 0 aromatic heterocycles. The van der Waals surface area contributed by atoms with Gasteiger partial charge in [0.2, 0.25) is 15.9 Å². The Morgan fingerprint density at radius 2 is 1.51 bits per heavy atom. The third-order valence-electron chi connectivity index (χ3n) is 5.83. The second-order valence-electron chi connectivity index (χ2n) is 8.49. The third kappa shape index (κ3) is 6.92. The second-order valence-corrected chi connectivity index (χ2v) is 10.4. The van der Waals surface area contributed by atoms with Crippen molar-refractivity contribution in [1.29, 1.82) is 0 Å². The van der Waals surface area contributed by atoms with Crippen molar-refractivity contribution < 1.29 is 37.1 Å². The zero-order valence-corrected chi connectivity index (χ0v) is 21.5. The number of carbonyl (C=O) groups is 4. The van der Waals surface area contributed by atoms with Crippen LogP contribution >= 0.6 is 0 Å². The first-order valence-electron chi connectivity index (χ1n) is 11.6. The van der Waals surface area contributed by atoms with Crippen LogP contribution in [0.4, 0.5) is 11.4 Å². The summed E-state index contributed by atoms with van der Waals surface area (Å²) >= 11 is 0. The summed E-state index contributed by atoms with van der Waals surface area (Å²) in [4.78, 5) is 48.1. The minimum absolute atomic E-state index is 0.0544. The molecular weight excluding hydrogens is 502 g/mol. The lowest BCUT2D eigenvalue weighted by atomic mass is 9.98. The number of carbonyl (C=O) groups excluding carboxylic acids is 4. The Bertz CT molecular complexity index is 1270. The fraction of sp³-hybridized carbons (Fsp3) is 0.360. The number of methoxy groups -OCH3 is 1. The van der Waals surface area contributed by atoms with Gasteiger partial charge in [-0.2, -0.15) is 4.31 Å². The topological polar surface area (TPSA) is 148 Å². The molecule has 1 saturated heterocycles. The van der Waals surface area contributed by atoms with Crippen LogP contribution < -0.4 is 10.6 Å². The summed E-state index contributed by atoms with van der Waals surface area (Å²) in [5, 5.41) is 5.26. The molecule has 1 atom stereocenters. The lowest BCUT2D eigenvalue weighted by Gasteiger charge is -2.31. The van der Waals surface area contributed by atoms with E-state index in [-0.39, 0.29) is 42.3 Å². The molecular formula is C25H29N3O8S. The van der Waals surface area contributed by atoms with Gasteiger partial charge in [-0.3, -0.25) is 14.4 Å². The smallest absolute Gasteiger partial charge is 0.339 e. The molecule has 37 heavy (non-hydrogen) atoms. The SMILES string of the molecule is COC(=O)c1ccccc1S(=O)(=O)N1CCC(C(=O)O[C@H](C)C(=O)Nc2ccc(NC(C)=O)cc2)CC1. The maximum atomic E-state index is 13.1. The number of anilines is 2. The van der Waals surface area contributed by atoms with Crippen LogP contribution in [0.25, 0.3) is 0 Å².